The molecule has 0 saturated heterocycles. The number of fused-ring (bicyclic) bond motifs is 2. The van der Waals surface area contributed by atoms with Crippen LogP contribution < -0.4 is 5.32 Å². The summed E-state index contributed by atoms with van der Waals surface area (Å²) in [6.45, 7) is 0.785. The van der Waals surface area contributed by atoms with Gasteiger partial charge in [-0.15, -0.1) is 11.3 Å². The normalized spacial score (nSPS) is 11.0. The van der Waals surface area contributed by atoms with E-state index in [9.17, 15) is 0 Å². The van der Waals surface area contributed by atoms with E-state index in [-0.39, 0.29) is 0 Å². The molecule has 2 aromatic heterocycles. The van der Waals surface area contributed by atoms with Crippen LogP contribution in [0.25, 0.3) is 21.1 Å². The third kappa shape index (κ3) is 2.34. The molecule has 0 spiro atoms. The fourth-order valence-electron chi connectivity index (χ4n) is 2.47. The van der Waals surface area contributed by atoms with Gasteiger partial charge in [-0.25, -0.2) is 4.98 Å². The topological polar surface area (TPSA) is 37.8 Å². The van der Waals surface area contributed by atoms with Crippen molar-refractivity contribution >= 4 is 38.1 Å². The van der Waals surface area contributed by atoms with Crippen LogP contribution in [0.4, 0.5) is 5.69 Å². The van der Waals surface area contributed by atoms with Crippen LogP contribution in [0.5, 0.6) is 0 Å². The van der Waals surface area contributed by atoms with Gasteiger partial charge in [-0.2, -0.15) is 0 Å². The Morgan fingerprint density at radius 1 is 0.952 bits per heavy atom. The summed E-state index contributed by atoms with van der Waals surface area (Å²) in [5, 5.41) is 4.69. The molecule has 0 aliphatic heterocycles. The van der Waals surface area contributed by atoms with E-state index >= 15 is 0 Å². The van der Waals surface area contributed by atoms with Gasteiger partial charge in [0.15, 0.2) is 0 Å². The predicted octanol–water partition coefficient (Wildman–Crippen LogP) is 4.46. The number of pyridine rings is 1. The van der Waals surface area contributed by atoms with E-state index in [0.29, 0.717) is 0 Å². The van der Waals surface area contributed by atoms with Crippen molar-refractivity contribution in [3.8, 4) is 0 Å². The fraction of sp³-hybridized carbons (Fsp3) is 0.0588. The summed E-state index contributed by atoms with van der Waals surface area (Å²) in [5.74, 6) is 0. The molecule has 0 saturated carbocycles. The van der Waals surface area contributed by atoms with E-state index in [0.717, 1.165) is 23.3 Å². The molecule has 21 heavy (non-hydrogen) atoms. The zero-order valence-electron chi connectivity index (χ0n) is 11.3. The van der Waals surface area contributed by atoms with E-state index in [2.05, 4.69) is 51.7 Å². The van der Waals surface area contributed by atoms with Gasteiger partial charge in [-0.1, -0.05) is 18.2 Å². The van der Waals surface area contributed by atoms with E-state index < -0.39 is 0 Å². The molecule has 0 atom stereocenters. The van der Waals surface area contributed by atoms with Crippen molar-refractivity contribution in [3.05, 3.63) is 65.8 Å². The smallest absolute Gasteiger partial charge is 0.0813 e. The van der Waals surface area contributed by atoms with Gasteiger partial charge < -0.3 is 5.32 Å². The Balaban J connectivity index is 1.63. The Hall–Kier alpha value is -2.46. The molecule has 102 valence electrons. The maximum atomic E-state index is 4.40. The first-order valence-electron chi connectivity index (χ1n) is 6.80. The van der Waals surface area contributed by atoms with Crippen LogP contribution in [0.15, 0.2) is 60.2 Å². The lowest BCUT2D eigenvalue weighted by molar-refractivity contribution is 1.16. The number of benzene rings is 2. The van der Waals surface area contributed by atoms with Gasteiger partial charge in [0.25, 0.3) is 0 Å². The van der Waals surface area contributed by atoms with E-state index in [4.69, 9.17) is 0 Å². The largest absolute Gasteiger partial charge is 0.381 e. The SMILES string of the molecule is c1ccc2c(CNc3ccc4ncsc4c3)ccnc2c1. The van der Waals surface area contributed by atoms with Crippen molar-refractivity contribution in [2.75, 3.05) is 5.32 Å². The molecule has 3 nitrogen and oxygen atoms in total. The van der Waals surface area contributed by atoms with Crippen molar-refractivity contribution in [1.82, 2.24) is 9.97 Å². The minimum atomic E-state index is 0.785. The zero-order chi connectivity index (χ0) is 14.1. The average molecular weight is 291 g/mol. The molecule has 2 aromatic carbocycles. The van der Waals surface area contributed by atoms with Crippen LogP contribution in [0.3, 0.4) is 0 Å². The van der Waals surface area contributed by atoms with Crippen molar-refractivity contribution in [1.29, 1.82) is 0 Å². The summed E-state index contributed by atoms with van der Waals surface area (Å²) in [6.07, 6.45) is 1.87. The Morgan fingerprint density at radius 2 is 1.90 bits per heavy atom. The molecule has 4 aromatic rings. The monoisotopic (exact) mass is 291 g/mol. The highest BCUT2D eigenvalue weighted by atomic mass is 32.1. The standard InChI is InChI=1S/C17H13N3S/c1-2-4-15-14(3-1)12(7-8-18-15)10-19-13-5-6-16-17(9-13)21-11-20-16/h1-9,11,19H,10H2. The lowest BCUT2D eigenvalue weighted by Crippen LogP contribution is -2.00. The summed E-state index contributed by atoms with van der Waals surface area (Å²) in [6, 6.07) is 16.6. The van der Waals surface area contributed by atoms with Crippen LogP contribution in [0.1, 0.15) is 5.56 Å². The van der Waals surface area contributed by atoms with Crippen molar-refractivity contribution in [2.24, 2.45) is 0 Å². The Bertz CT molecular complexity index is 909. The third-order valence-electron chi connectivity index (χ3n) is 3.55. The van der Waals surface area contributed by atoms with Gasteiger partial charge in [-0.05, 0) is 35.9 Å². The number of anilines is 1. The highest BCUT2D eigenvalue weighted by Crippen LogP contribution is 2.23. The van der Waals surface area contributed by atoms with Gasteiger partial charge in [-0.3, -0.25) is 4.98 Å². The van der Waals surface area contributed by atoms with E-state index in [1.165, 1.54) is 15.6 Å². The van der Waals surface area contributed by atoms with Gasteiger partial charge in [0.2, 0.25) is 0 Å². The van der Waals surface area contributed by atoms with Crippen LogP contribution >= 0.6 is 11.3 Å². The molecule has 0 radical (unpaired) electrons. The summed E-state index contributed by atoms with van der Waals surface area (Å²) in [4.78, 5) is 8.70. The van der Waals surface area contributed by atoms with Crippen molar-refractivity contribution in [2.45, 2.75) is 6.54 Å². The summed E-state index contributed by atoms with van der Waals surface area (Å²) >= 11 is 1.66. The van der Waals surface area contributed by atoms with E-state index in [1.807, 2.05) is 23.8 Å². The molecule has 0 fully saturated rings. The highest BCUT2D eigenvalue weighted by Gasteiger charge is 2.02. The lowest BCUT2D eigenvalue weighted by Gasteiger charge is -2.09. The number of nitrogens with zero attached hydrogens (tertiary/aromatic N) is 2. The van der Waals surface area contributed by atoms with Crippen LogP contribution in [0, 0.1) is 0 Å². The maximum Gasteiger partial charge on any atom is 0.0813 e. The second kappa shape index (κ2) is 5.14. The van der Waals surface area contributed by atoms with Crippen LogP contribution in [-0.2, 0) is 6.54 Å². The van der Waals surface area contributed by atoms with Crippen molar-refractivity contribution in [3.63, 3.8) is 0 Å². The molecular weight excluding hydrogens is 278 g/mol. The first-order chi connectivity index (χ1) is 10.4. The summed E-state index contributed by atoms with van der Waals surface area (Å²) < 4.78 is 1.21. The quantitative estimate of drug-likeness (QED) is 0.605. The number of thiazole rings is 1. The van der Waals surface area contributed by atoms with E-state index in [1.54, 1.807) is 11.3 Å². The molecule has 0 aliphatic rings. The molecule has 0 unspecified atom stereocenters. The highest BCUT2D eigenvalue weighted by molar-refractivity contribution is 7.16. The zero-order valence-corrected chi connectivity index (χ0v) is 12.1. The lowest BCUT2D eigenvalue weighted by atomic mass is 10.1. The van der Waals surface area contributed by atoms with Gasteiger partial charge >= 0.3 is 0 Å². The third-order valence-corrected chi connectivity index (χ3v) is 4.35. The maximum absolute atomic E-state index is 4.40. The summed E-state index contributed by atoms with van der Waals surface area (Å²) in [5.41, 5.74) is 6.34. The number of rotatable bonds is 3. The van der Waals surface area contributed by atoms with Crippen LogP contribution in [0.2, 0.25) is 0 Å². The summed E-state index contributed by atoms with van der Waals surface area (Å²) in [7, 11) is 0. The Kier molecular flexibility index (Phi) is 3.01. The van der Waals surface area contributed by atoms with Crippen LogP contribution in [-0.4, -0.2) is 9.97 Å². The number of nitrogens with one attached hydrogen (secondary N) is 1. The molecule has 4 rings (SSSR count). The first kappa shape index (κ1) is 12.3. The van der Waals surface area contributed by atoms with Gasteiger partial charge in [0.05, 0.1) is 21.2 Å². The fourth-order valence-corrected chi connectivity index (χ4v) is 3.19. The average Bonchev–Trinajstić information content (AvgIpc) is 3.00. The molecule has 2 heterocycles. The minimum Gasteiger partial charge on any atom is -0.381 e. The number of para-hydroxylation sites is 1. The molecular formula is C17H13N3S. The van der Waals surface area contributed by atoms with Gasteiger partial charge in [0.1, 0.15) is 0 Å². The molecule has 1 N–H and O–H groups in total. The number of hydrogen-bond donors (Lipinski definition) is 1. The Labute approximate surface area is 126 Å². The molecule has 0 amide bonds. The molecule has 0 aliphatic carbocycles. The second-order valence-electron chi connectivity index (χ2n) is 4.88. The Morgan fingerprint density at radius 3 is 2.90 bits per heavy atom. The number of aromatic nitrogens is 2. The van der Waals surface area contributed by atoms with Gasteiger partial charge in [0, 0.05) is 23.8 Å². The predicted molar refractivity (Wildman–Crippen MR) is 88.7 cm³/mol. The number of hydrogen-bond acceptors (Lipinski definition) is 4. The first-order valence-corrected chi connectivity index (χ1v) is 7.68. The minimum absolute atomic E-state index is 0.785. The van der Waals surface area contributed by atoms with Crippen molar-refractivity contribution < 1.29 is 0 Å². The molecule has 0 bridgehead atoms. The molecule has 4 heteroatoms. The second-order valence-corrected chi connectivity index (χ2v) is 5.76.